The molecule has 0 fully saturated rings. The van der Waals surface area contributed by atoms with E-state index in [1.807, 2.05) is 6.92 Å². The lowest BCUT2D eigenvalue weighted by Crippen LogP contribution is -2.37. The number of carbonyl (C=O) groups is 3. The summed E-state index contributed by atoms with van der Waals surface area (Å²) in [5.41, 5.74) is 0. The van der Waals surface area contributed by atoms with Crippen molar-refractivity contribution in [2.75, 3.05) is 6.54 Å². The largest absolute Gasteiger partial charge is 0.356 e. The summed E-state index contributed by atoms with van der Waals surface area (Å²) in [5.74, 6) is -0.306. The van der Waals surface area contributed by atoms with E-state index < -0.39 is 6.04 Å². The molecule has 0 aliphatic carbocycles. The maximum absolute atomic E-state index is 11.3. The lowest BCUT2D eigenvalue weighted by Gasteiger charge is -2.10. The van der Waals surface area contributed by atoms with Gasteiger partial charge in [0.15, 0.2) is 5.78 Å². The summed E-state index contributed by atoms with van der Waals surface area (Å²) in [7, 11) is 0. The predicted molar refractivity (Wildman–Crippen MR) is 60.8 cm³/mol. The number of rotatable bonds is 7. The Morgan fingerprint density at radius 3 is 2.19 bits per heavy atom. The van der Waals surface area contributed by atoms with Crippen molar-refractivity contribution < 1.29 is 14.4 Å². The van der Waals surface area contributed by atoms with Gasteiger partial charge in [-0.15, -0.1) is 0 Å². The summed E-state index contributed by atoms with van der Waals surface area (Å²) in [6.07, 6.45) is 1.12. The van der Waals surface area contributed by atoms with Crippen LogP contribution in [0.1, 0.15) is 40.0 Å². The highest BCUT2D eigenvalue weighted by Crippen LogP contribution is 1.96. The van der Waals surface area contributed by atoms with Gasteiger partial charge in [-0.05, 0) is 27.2 Å². The van der Waals surface area contributed by atoms with Crippen molar-refractivity contribution in [3.05, 3.63) is 0 Å². The van der Waals surface area contributed by atoms with Crippen LogP contribution in [0.15, 0.2) is 0 Å². The molecular weight excluding hydrogens is 208 g/mol. The van der Waals surface area contributed by atoms with Crippen LogP contribution in [0.5, 0.6) is 0 Å². The molecule has 0 spiro atoms. The third-order valence-corrected chi connectivity index (χ3v) is 2.17. The number of amides is 2. The summed E-state index contributed by atoms with van der Waals surface area (Å²) in [4.78, 5) is 33.2. The average Bonchev–Trinajstić information content (AvgIpc) is 2.17. The molecule has 0 aliphatic heterocycles. The maximum Gasteiger partial charge on any atom is 0.220 e. The number of carbonyl (C=O) groups excluding carboxylic acids is 3. The van der Waals surface area contributed by atoms with Gasteiger partial charge in [-0.3, -0.25) is 14.4 Å². The molecule has 92 valence electrons. The number of ketones is 1. The van der Waals surface area contributed by atoms with Crippen molar-refractivity contribution >= 4 is 17.6 Å². The van der Waals surface area contributed by atoms with E-state index in [0.717, 1.165) is 0 Å². The number of Topliss-reactive ketones (excluding diaryl/α,β-unsaturated/α-hetero) is 1. The molecule has 0 saturated carbocycles. The third kappa shape index (κ3) is 6.98. The van der Waals surface area contributed by atoms with E-state index in [0.29, 0.717) is 19.4 Å². The molecule has 0 bridgehead atoms. The highest BCUT2D eigenvalue weighted by molar-refractivity contribution is 5.87. The van der Waals surface area contributed by atoms with Gasteiger partial charge in [0.05, 0.1) is 6.04 Å². The molecule has 0 aliphatic rings. The first kappa shape index (κ1) is 14.6. The number of nitrogens with one attached hydrogen (secondary N) is 2. The zero-order valence-electron chi connectivity index (χ0n) is 10.1. The summed E-state index contributed by atoms with van der Waals surface area (Å²) in [6, 6.07) is -0.447. The molecule has 16 heavy (non-hydrogen) atoms. The Morgan fingerprint density at radius 2 is 1.69 bits per heavy atom. The van der Waals surface area contributed by atoms with Crippen molar-refractivity contribution in [1.29, 1.82) is 0 Å². The van der Waals surface area contributed by atoms with Crippen LogP contribution in [-0.4, -0.2) is 30.2 Å². The molecule has 0 saturated heterocycles. The first-order valence-electron chi connectivity index (χ1n) is 5.53. The third-order valence-electron chi connectivity index (χ3n) is 2.17. The molecule has 0 heterocycles. The quantitative estimate of drug-likeness (QED) is 0.661. The molecule has 0 rings (SSSR count). The van der Waals surface area contributed by atoms with E-state index in [-0.39, 0.29) is 24.0 Å². The zero-order valence-corrected chi connectivity index (χ0v) is 10.1. The normalized spacial score (nSPS) is 11.7. The number of hydrogen-bond acceptors (Lipinski definition) is 3. The lowest BCUT2D eigenvalue weighted by molar-refractivity contribution is -0.126. The van der Waals surface area contributed by atoms with Crippen molar-refractivity contribution in [3.63, 3.8) is 0 Å². The SMILES string of the molecule is CCNC(=O)CCCC(=O)NC(C)C(C)=O. The molecule has 1 unspecified atom stereocenters. The van der Waals surface area contributed by atoms with Gasteiger partial charge < -0.3 is 10.6 Å². The van der Waals surface area contributed by atoms with Crippen LogP contribution in [-0.2, 0) is 14.4 Å². The van der Waals surface area contributed by atoms with Crippen molar-refractivity contribution in [3.8, 4) is 0 Å². The highest BCUT2D eigenvalue weighted by atomic mass is 16.2. The van der Waals surface area contributed by atoms with Crippen molar-refractivity contribution in [1.82, 2.24) is 10.6 Å². The standard InChI is InChI=1S/C11H20N2O3/c1-4-12-10(15)6-5-7-11(16)13-8(2)9(3)14/h8H,4-7H2,1-3H3,(H,12,15)(H,13,16). The van der Waals surface area contributed by atoms with Gasteiger partial charge in [0, 0.05) is 19.4 Å². The molecule has 2 amide bonds. The van der Waals surface area contributed by atoms with Gasteiger partial charge in [-0.1, -0.05) is 0 Å². The minimum Gasteiger partial charge on any atom is -0.356 e. The Bertz CT molecular complexity index is 264. The van der Waals surface area contributed by atoms with Gasteiger partial charge in [-0.25, -0.2) is 0 Å². The summed E-state index contributed by atoms with van der Waals surface area (Å²) < 4.78 is 0. The summed E-state index contributed by atoms with van der Waals surface area (Å²) >= 11 is 0. The molecule has 0 aromatic carbocycles. The van der Waals surface area contributed by atoms with Crippen LogP contribution in [0, 0.1) is 0 Å². The van der Waals surface area contributed by atoms with Gasteiger partial charge in [0.1, 0.15) is 0 Å². The van der Waals surface area contributed by atoms with Gasteiger partial charge in [-0.2, -0.15) is 0 Å². The second-order valence-corrected chi connectivity index (χ2v) is 3.71. The van der Waals surface area contributed by atoms with Gasteiger partial charge >= 0.3 is 0 Å². The van der Waals surface area contributed by atoms with E-state index in [1.165, 1.54) is 6.92 Å². The molecule has 5 nitrogen and oxygen atoms in total. The van der Waals surface area contributed by atoms with E-state index in [9.17, 15) is 14.4 Å². The van der Waals surface area contributed by atoms with Crippen LogP contribution in [0.2, 0.25) is 0 Å². The first-order valence-corrected chi connectivity index (χ1v) is 5.53. The van der Waals surface area contributed by atoms with Crippen molar-refractivity contribution in [2.24, 2.45) is 0 Å². The monoisotopic (exact) mass is 228 g/mol. The summed E-state index contributed by atoms with van der Waals surface area (Å²) in [6.45, 7) is 5.52. The van der Waals surface area contributed by atoms with E-state index in [2.05, 4.69) is 10.6 Å². The van der Waals surface area contributed by atoms with Crippen LogP contribution in [0.4, 0.5) is 0 Å². The van der Waals surface area contributed by atoms with Crippen LogP contribution >= 0.6 is 0 Å². The smallest absolute Gasteiger partial charge is 0.220 e. The molecule has 1 atom stereocenters. The minimum atomic E-state index is -0.447. The van der Waals surface area contributed by atoms with Crippen molar-refractivity contribution in [2.45, 2.75) is 46.1 Å². The molecule has 0 radical (unpaired) electrons. The zero-order chi connectivity index (χ0) is 12.6. The molecule has 0 aromatic heterocycles. The Morgan fingerprint density at radius 1 is 1.12 bits per heavy atom. The van der Waals surface area contributed by atoms with Crippen LogP contribution < -0.4 is 10.6 Å². The Hall–Kier alpha value is -1.39. The molecular formula is C11H20N2O3. The summed E-state index contributed by atoms with van der Waals surface area (Å²) in [5, 5.41) is 5.22. The van der Waals surface area contributed by atoms with Crippen LogP contribution in [0.3, 0.4) is 0 Å². The Balaban J connectivity index is 3.66. The predicted octanol–water partition coefficient (Wildman–Crippen LogP) is 0.386. The molecule has 0 aromatic rings. The van der Waals surface area contributed by atoms with Gasteiger partial charge in [0.2, 0.25) is 11.8 Å². The molecule has 2 N–H and O–H groups in total. The fourth-order valence-electron chi connectivity index (χ4n) is 1.11. The number of hydrogen-bond donors (Lipinski definition) is 2. The van der Waals surface area contributed by atoms with Gasteiger partial charge in [0.25, 0.3) is 0 Å². The van der Waals surface area contributed by atoms with E-state index in [4.69, 9.17) is 0 Å². The molecule has 5 heteroatoms. The second-order valence-electron chi connectivity index (χ2n) is 3.71. The maximum atomic E-state index is 11.3. The first-order chi connectivity index (χ1) is 7.47. The fraction of sp³-hybridized carbons (Fsp3) is 0.727. The minimum absolute atomic E-state index is 0.0464. The highest BCUT2D eigenvalue weighted by Gasteiger charge is 2.11. The van der Waals surface area contributed by atoms with E-state index >= 15 is 0 Å². The topological polar surface area (TPSA) is 75.3 Å². The van der Waals surface area contributed by atoms with Crippen LogP contribution in [0.25, 0.3) is 0 Å². The second kappa shape index (κ2) is 7.84. The Labute approximate surface area is 96.0 Å². The fourth-order valence-corrected chi connectivity index (χ4v) is 1.11. The average molecular weight is 228 g/mol. The Kier molecular flexibility index (Phi) is 7.16. The van der Waals surface area contributed by atoms with E-state index in [1.54, 1.807) is 6.92 Å². The lowest BCUT2D eigenvalue weighted by atomic mass is 10.2.